The third kappa shape index (κ3) is 4.42. The van der Waals surface area contributed by atoms with E-state index < -0.39 is 16.1 Å². The zero-order valence-electron chi connectivity index (χ0n) is 16.6. The Labute approximate surface area is 171 Å². The fourth-order valence-electron chi connectivity index (χ4n) is 4.86. The molecule has 10 heteroatoms. The number of nitrogens with zero attached hydrogens (tertiary/aromatic N) is 4. The van der Waals surface area contributed by atoms with Crippen LogP contribution < -0.4 is 9.64 Å². The summed E-state index contributed by atoms with van der Waals surface area (Å²) in [5, 5.41) is 9.35. The van der Waals surface area contributed by atoms with Crippen molar-refractivity contribution in [2.75, 3.05) is 43.9 Å². The van der Waals surface area contributed by atoms with Crippen molar-refractivity contribution in [3.05, 3.63) is 18.3 Å². The lowest BCUT2D eigenvalue weighted by Crippen LogP contribution is -2.48. The number of sulfonamides is 1. The van der Waals surface area contributed by atoms with E-state index in [0.29, 0.717) is 44.6 Å². The van der Waals surface area contributed by atoms with E-state index in [9.17, 15) is 18.3 Å². The van der Waals surface area contributed by atoms with Crippen LogP contribution in [-0.2, 0) is 10.0 Å². The highest BCUT2D eigenvalue weighted by Crippen LogP contribution is 2.38. The second kappa shape index (κ2) is 7.98. The minimum absolute atomic E-state index is 0.126. The number of hydrogen-bond acceptors (Lipinski definition) is 6. The number of aromatic nitrogens is 1. The summed E-state index contributed by atoms with van der Waals surface area (Å²) in [6.45, 7) is 2.79. The molecule has 4 rings (SSSR count). The molecule has 3 aliphatic heterocycles. The lowest BCUT2D eigenvalue weighted by molar-refractivity contribution is 0.0706. The Morgan fingerprint density at radius 3 is 2.34 bits per heavy atom. The molecule has 0 aromatic carbocycles. The molecule has 1 N–H and O–H groups in total. The van der Waals surface area contributed by atoms with E-state index in [4.69, 9.17) is 4.74 Å². The molecule has 0 saturated carbocycles. The molecule has 29 heavy (non-hydrogen) atoms. The molecule has 3 saturated heterocycles. The van der Waals surface area contributed by atoms with Crippen molar-refractivity contribution in [1.29, 1.82) is 0 Å². The second-order valence-corrected chi connectivity index (χ2v) is 10.2. The van der Waals surface area contributed by atoms with E-state index in [1.165, 1.54) is 10.6 Å². The highest BCUT2D eigenvalue weighted by molar-refractivity contribution is 7.88. The number of carboxylic acid groups (broad SMARTS) is 1. The molecular formula is C19H28N4O5S. The Morgan fingerprint density at radius 1 is 1.17 bits per heavy atom. The number of anilines is 1. The average molecular weight is 425 g/mol. The Bertz CT molecular complexity index is 825. The molecule has 0 spiro atoms. The summed E-state index contributed by atoms with van der Waals surface area (Å²) in [5.41, 5.74) is 0.957. The summed E-state index contributed by atoms with van der Waals surface area (Å²) >= 11 is 0. The molecule has 1 aromatic heterocycles. The largest absolute Gasteiger partial charge is 0.477 e. The molecule has 160 valence electrons. The van der Waals surface area contributed by atoms with Crippen LogP contribution in [0.2, 0.25) is 0 Å². The van der Waals surface area contributed by atoms with Gasteiger partial charge in [-0.3, -0.25) is 0 Å². The van der Waals surface area contributed by atoms with Gasteiger partial charge >= 0.3 is 6.09 Å². The summed E-state index contributed by atoms with van der Waals surface area (Å²) in [7, 11) is -3.13. The quantitative estimate of drug-likeness (QED) is 0.763. The van der Waals surface area contributed by atoms with E-state index in [2.05, 4.69) is 9.88 Å². The van der Waals surface area contributed by atoms with Crippen LogP contribution in [0.1, 0.15) is 25.7 Å². The first-order valence-electron chi connectivity index (χ1n) is 10.1. The number of carbonyl (C=O) groups is 1. The first-order chi connectivity index (χ1) is 13.8. The Kier molecular flexibility index (Phi) is 5.56. The van der Waals surface area contributed by atoms with Crippen LogP contribution in [0.3, 0.4) is 0 Å². The van der Waals surface area contributed by atoms with Crippen molar-refractivity contribution in [3.8, 4) is 5.88 Å². The molecule has 3 aliphatic rings. The van der Waals surface area contributed by atoms with Gasteiger partial charge in [0, 0.05) is 44.3 Å². The third-order valence-corrected chi connectivity index (χ3v) is 7.62. The molecule has 3 atom stereocenters. The van der Waals surface area contributed by atoms with Gasteiger partial charge in [-0.1, -0.05) is 0 Å². The van der Waals surface area contributed by atoms with Crippen LogP contribution in [-0.4, -0.2) is 84.9 Å². The number of ether oxygens (including phenoxy) is 1. The van der Waals surface area contributed by atoms with Gasteiger partial charge < -0.3 is 19.6 Å². The standard InChI is InChI=1S/C19H28N4O5S/c1-29(26,27)22-8-6-21(7-9-22)17-4-5-18(20-12-17)28-13-14-10-15-2-3-16(11-14)23(15)19(24)25/h4-5,12,14-16H,2-3,6-11,13H2,1H3,(H,24,25)/t14-,15-,16+. The van der Waals surface area contributed by atoms with Crippen LogP contribution >= 0.6 is 0 Å². The number of piperidine rings is 1. The Morgan fingerprint density at radius 2 is 1.83 bits per heavy atom. The number of fused-ring (bicyclic) bond motifs is 2. The SMILES string of the molecule is CS(=O)(=O)N1CCN(c2ccc(OC[C@@H]3C[C@H]4CC[C@@H](C3)N4C(=O)O)nc2)CC1. The highest BCUT2D eigenvalue weighted by Gasteiger charge is 2.43. The van der Waals surface area contributed by atoms with E-state index >= 15 is 0 Å². The summed E-state index contributed by atoms with van der Waals surface area (Å²) in [4.78, 5) is 19.5. The summed E-state index contributed by atoms with van der Waals surface area (Å²) in [5.74, 6) is 0.921. The molecule has 2 bridgehead atoms. The van der Waals surface area contributed by atoms with Crippen molar-refractivity contribution in [1.82, 2.24) is 14.2 Å². The molecule has 1 amide bonds. The Balaban J connectivity index is 1.27. The maximum absolute atomic E-state index is 11.6. The normalized spacial score (nSPS) is 27.8. The first-order valence-corrected chi connectivity index (χ1v) is 12.0. The van der Waals surface area contributed by atoms with E-state index in [0.717, 1.165) is 31.4 Å². The van der Waals surface area contributed by atoms with E-state index in [1.807, 2.05) is 12.1 Å². The Hall–Kier alpha value is -2.07. The lowest BCUT2D eigenvalue weighted by atomic mass is 9.92. The third-order valence-electron chi connectivity index (χ3n) is 6.31. The average Bonchev–Trinajstić information content (AvgIpc) is 2.97. The van der Waals surface area contributed by atoms with Gasteiger partial charge in [-0.05, 0) is 37.7 Å². The predicted molar refractivity (Wildman–Crippen MR) is 108 cm³/mol. The molecule has 9 nitrogen and oxygen atoms in total. The van der Waals surface area contributed by atoms with Gasteiger partial charge in [-0.2, -0.15) is 4.31 Å². The van der Waals surface area contributed by atoms with Crippen molar-refractivity contribution < 1.29 is 23.1 Å². The molecular weight excluding hydrogens is 396 g/mol. The molecule has 0 radical (unpaired) electrons. The topological polar surface area (TPSA) is 103 Å². The monoisotopic (exact) mass is 424 g/mol. The van der Waals surface area contributed by atoms with Crippen LogP contribution in [0.15, 0.2) is 18.3 Å². The second-order valence-electron chi connectivity index (χ2n) is 8.23. The van der Waals surface area contributed by atoms with Crippen molar-refractivity contribution in [2.45, 2.75) is 37.8 Å². The van der Waals surface area contributed by atoms with Gasteiger partial charge in [-0.15, -0.1) is 0 Å². The molecule has 0 aliphatic carbocycles. The number of rotatable bonds is 5. The van der Waals surface area contributed by atoms with Crippen LogP contribution in [0.4, 0.5) is 10.5 Å². The number of hydrogen-bond donors (Lipinski definition) is 1. The van der Waals surface area contributed by atoms with Crippen LogP contribution in [0.5, 0.6) is 5.88 Å². The van der Waals surface area contributed by atoms with Gasteiger partial charge in [0.15, 0.2) is 0 Å². The first kappa shape index (κ1) is 20.2. The fraction of sp³-hybridized carbons (Fsp3) is 0.684. The highest BCUT2D eigenvalue weighted by atomic mass is 32.2. The smallest absolute Gasteiger partial charge is 0.407 e. The molecule has 3 fully saturated rings. The van der Waals surface area contributed by atoms with Crippen molar-refractivity contribution >= 4 is 21.8 Å². The maximum Gasteiger partial charge on any atom is 0.407 e. The van der Waals surface area contributed by atoms with Crippen LogP contribution in [0, 0.1) is 5.92 Å². The zero-order chi connectivity index (χ0) is 20.6. The van der Waals surface area contributed by atoms with Gasteiger partial charge in [0.05, 0.1) is 24.7 Å². The number of amides is 1. The van der Waals surface area contributed by atoms with Gasteiger partial charge in [0.1, 0.15) is 0 Å². The van der Waals surface area contributed by atoms with Gasteiger partial charge in [0.25, 0.3) is 0 Å². The maximum atomic E-state index is 11.6. The van der Waals surface area contributed by atoms with E-state index in [1.54, 1.807) is 11.1 Å². The molecule has 0 unspecified atom stereocenters. The van der Waals surface area contributed by atoms with Crippen molar-refractivity contribution in [2.24, 2.45) is 5.92 Å². The van der Waals surface area contributed by atoms with Crippen LogP contribution in [0.25, 0.3) is 0 Å². The zero-order valence-corrected chi connectivity index (χ0v) is 17.4. The molecule has 4 heterocycles. The summed E-state index contributed by atoms with van der Waals surface area (Å²) < 4.78 is 30.6. The number of piperazine rings is 1. The van der Waals surface area contributed by atoms with Gasteiger partial charge in [-0.25, -0.2) is 18.2 Å². The lowest BCUT2D eigenvalue weighted by Gasteiger charge is -2.36. The molecule has 1 aromatic rings. The van der Waals surface area contributed by atoms with Gasteiger partial charge in [0.2, 0.25) is 15.9 Å². The van der Waals surface area contributed by atoms with Crippen molar-refractivity contribution in [3.63, 3.8) is 0 Å². The minimum atomic E-state index is -3.13. The minimum Gasteiger partial charge on any atom is -0.477 e. The van der Waals surface area contributed by atoms with E-state index in [-0.39, 0.29) is 12.1 Å². The fourth-order valence-corrected chi connectivity index (χ4v) is 5.69. The predicted octanol–water partition coefficient (Wildman–Crippen LogP) is 1.46. The summed E-state index contributed by atoms with van der Waals surface area (Å²) in [6.07, 6.45) is 5.82. The number of pyridine rings is 1. The summed E-state index contributed by atoms with van der Waals surface area (Å²) in [6, 6.07) is 4.05.